The number of thiophene rings is 1. The largest absolute Gasteiger partial charge is 0.318 e. The van der Waals surface area contributed by atoms with Crippen molar-refractivity contribution in [1.29, 1.82) is 0 Å². The first-order valence-corrected chi connectivity index (χ1v) is 9.37. The van der Waals surface area contributed by atoms with Crippen LogP contribution in [0.4, 0.5) is 5.69 Å². The van der Waals surface area contributed by atoms with Crippen LogP contribution in [0, 0.1) is 13.8 Å². The van der Waals surface area contributed by atoms with Crippen molar-refractivity contribution in [3.8, 4) is 0 Å². The highest BCUT2D eigenvalue weighted by Crippen LogP contribution is 2.24. The van der Waals surface area contributed by atoms with Gasteiger partial charge in [-0.15, -0.1) is 11.3 Å². The third-order valence-corrected chi connectivity index (χ3v) is 5.43. The fourth-order valence-corrected chi connectivity index (χ4v) is 3.83. The summed E-state index contributed by atoms with van der Waals surface area (Å²) < 4.78 is 1.96. The fraction of sp³-hybridized carbons (Fsp3) is 0.143. The first-order valence-electron chi connectivity index (χ1n) is 8.49. The summed E-state index contributed by atoms with van der Waals surface area (Å²) >= 11 is 1.43. The molecular formula is C21H19N3OS. The predicted molar refractivity (Wildman–Crippen MR) is 107 cm³/mol. The van der Waals surface area contributed by atoms with E-state index in [0.717, 1.165) is 17.1 Å². The number of hydrogen-bond acceptors (Lipinski definition) is 3. The van der Waals surface area contributed by atoms with Crippen LogP contribution in [0.3, 0.4) is 0 Å². The molecule has 26 heavy (non-hydrogen) atoms. The summed E-state index contributed by atoms with van der Waals surface area (Å²) in [5.41, 5.74) is 3.79. The minimum absolute atomic E-state index is 0.0871. The van der Waals surface area contributed by atoms with E-state index in [1.54, 1.807) is 0 Å². The second kappa shape index (κ2) is 6.77. The number of carbonyl (C=O) groups excluding carboxylic acids is 1. The van der Waals surface area contributed by atoms with Gasteiger partial charge in [0.15, 0.2) is 0 Å². The Morgan fingerprint density at radius 1 is 1.08 bits per heavy atom. The summed E-state index contributed by atoms with van der Waals surface area (Å²) in [5, 5.41) is 12.0. The van der Waals surface area contributed by atoms with E-state index in [1.165, 1.54) is 27.7 Å². The van der Waals surface area contributed by atoms with Crippen LogP contribution in [0.1, 0.15) is 26.6 Å². The number of rotatable bonds is 4. The molecule has 0 radical (unpaired) electrons. The molecular weight excluding hydrogens is 342 g/mol. The highest BCUT2D eigenvalue weighted by Gasteiger charge is 2.16. The third-order valence-electron chi connectivity index (χ3n) is 4.57. The quantitative estimate of drug-likeness (QED) is 0.555. The lowest BCUT2D eigenvalue weighted by atomic mass is 10.0. The lowest BCUT2D eigenvalue weighted by Crippen LogP contribution is -2.12. The van der Waals surface area contributed by atoms with E-state index in [-0.39, 0.29) is 5.91 Å². The number of nitrogens with one attached hydrogen (secondary N) is 1. The Morgan fingerprint density at radius 2 is 1.88 bits per heavy atom. The van der Waals surface area contributed by atoms with Gasteiger partial charge in [-0.2, -0.15) is 5.10 Å². The molecule has 0 saturated carbocycles. The molecule has 2 heterocycles. The molecule has 0 unspecified atom stereocenters. The van der Waals surface area contributed by atoms with Gasteiger partial charge in [-0.1, -0.05) is 48.5 Å². The van der Waals surface area contributed by atoms with Crippen LogP contribution in [0.15, 0.2) is 60.0 Å². The molecule has 0 atom stereocenters. The van der Waals surface area contributed by atoms with Crippen molar-refractivity contribution in [3.63, 3.8) is 0 Å². The minimum Gasteiger partial charge on any atom is -0.318 e. The SMILES string of the molecule is Cc1nn(Cc2cccc3ccccc23)c(C)c1NC(=O)c1cccs1. The average Bonchev–Trinajstić information content (AvgIpc) is 3.27. The Hall–Kier alpha value is -2.92. The zero-order chi connectivity index (χ0) is 18.1. The topological polar surface area (TPSA) is 46.9 Å². The first kappa shape index (κ1) is 16.5. The molecule has 4 aromatic rings. The lowest BCUT2D eigenvalue weighted by molar-refractivity contribution is 0.103. The predicted octanol–water partition coefficient (Wildman–Crippen LogP) is 5.02. The van der Waals surface area contributed by atoms with Gasteiger partial charge in [-0.25, -0.2) is 0 Å². The van der Waals surface area contributed by atoms with Crippen molar-refractivity contribution in [3.05, 3.63) is 81.8 Å². The van der Waals surface area contributed by atoms with Gasteiger partial charge in [0.05, 0.1) is 28.5 Å². The van der Waals surface area contributed by atoms with Crippen LogP contribution < -0.4 is 5.32 Å². The molecule has 0 spiro atoms. The van der Waals surface area contributed by atoms with E-state index in [2.05, 4.69) is 46.8 Å². The standard InChI is InChI=1S/C21H19N3OS/c1-14-20(22-21(25)19-11-6-12-26-19)15(2)24(23-14)13-17-9-5-8-16-7-3-4-10-18(16)17/h3-12H,13H2,1-2H3,(H,22,25). The minimum atomic E-state index is -0.0871. The van der Waals surface area contributed by atoms with Crippen LogP contribution in [0.25, 0.3) is 10.8 Å². The second-order valence-corrected chi connectivity index (χ2v) is 7.22. The maximum Gasteiger partial charge on any atom is 0.265 e. The lowest BCUT2D eigenvalue weighted by Gasteiger charge is -2.09. The number of fused-ring (bicyclic) bond motifs is 1. The normalized spacial score (nSPS) is 11.0. The van der Waals surface area contributed by atoms with Gasteiger partial charge in [-0.05, 0) is 41.6 Å². The number of carbonyl (C=O) groups is 1. The zero-order valence-electron chi connectivity index (χ0n) is 14.7. The molecule has 0 saturated heterocycles. The van der Waals surface area contributed by atoms with Crippen molar-refractivity contribution in [2.45, 2.75) is 20.4 Å². The Morgan fingerprint density at radius 3 is 2.69 bits per heavy atom. The molecule has 1 amide bonds. The van der Waals surface area contributed by atoms with Crippen LogP contribution in [0.5, 0.6) is 0 Å². The summed E-state index contributed by atoms with van der Waals surface area (Å²) in [6, 6.07) is 18.4. The highest BCUT2D eigenvalue weighted by atomic mass is 32.1. The Bertz CT molecular complexity index is 1070. The second-order valence-electron chi connectivity index (χ2n) is 6.27. The van der Waals surface area contributed by atoms with E-state index in [0.29, 0.717) is 11.4 Å². The van der Waals surface area contributed by atoms with Gasteiger partial charge in [0, 0.05) is 0 Å². The number of nitrogens with zero attached hydrogens (tertiary/aromatic N) is 2. The number of hydrogen-bond donors (Lipinski definition) is 1. The molecule has 5 heteroatoms. The molecule has 0 fully saturated rings. The third kappa shape index (κ3) is 3.02. The van der Waals surface area contributed by atoms with Crippen molar-refractivity contribution < 1.29 is 4.79 Å². The summed E-state index contributed by atoms with van der Waals surface area (Å²) in [7, 11) is 0. The molecule has 4 nitrogen and oxygen atoms in total. The van der Waals surface area contributed by atoms with E-state index < -0.39 is 0 Å². The fourth-order valence-electron chi connectivity index (χ4n) is 3.21. The molecule has 2 aromatic heterocycles. The number of benzene rings is 2. The maximum absolute atomic E-state index is 12.4. The number of aromatic nitrogens is 2. The Kier molecular flexibility index (Phi) is 4.31. The summed E-state index contributed by atoms with van der Waals surface area (Å²) in [6.07, 6.45) is 0. The van der Waals surface area contributed by atoms with E-state index >= 15 is 0 Å². The molecule has 0 aliphatic carbocycles. The van der Waals surface area contributed by atoms with Gasteiger partial charge < -0.3 is 5.32 Å². The Labute approximate surface area is 156 Å². The van der Waals surface area contributed by atoms with Crippen molar-refractivity contribution in [2.75, 3.05) is 5.32 Å². The van der Waals surface area contributed by atoms with Gasteiger partial charge in [-0.3, -0.25) is 9.48 Å². The van der Waals surface area contributed by atoms with Crippen LogP contribution in [-0.2, 0) is 6.54 Å². The molecule has 130 valence electrons. The number of anilines is 1. The Balaban J connectivity index is 1.65. The van der Waals surface area contributed by atoms with Crippen molar-refractivity contribution in [1.82, 2.24) is 9.78 Å². The molecule has 1 N–H and O–H groups in total. The number of aryl methyl sites for hydroxylation is 1. The summed E-state index contributed by atoms with van der Waals surface area (Å²) in [5.74, 6) is -0.0871. The van der Waals surface area contributed by atoms with E-state index in [4.69, 9.17) is 0 Å². The smallest absolute Gasteiger partial charge is 0.265 e. The molecule has 0 bridgehead atoms. The van der Waals surface area contributed by atoms with Crippen LogP contribution >= 0.6 is 11.3 Å². The summed E-state index contributed by atoms with van der Waals surface area (Å²) in [6.45, 7) is 4.59. The molecule has 0 aliphatic heterocycles. The molecule has 0 aliphatic rings. The molecule has 4 rings (SSSR count). The van der Waals surface area contributed by atoms with Gasteiger partial charge in [0.2, 0.25) is 0 Å². The van der Waals surface area contributed by atoms with Crippen molar-refractivity contribution >= 4 is 33.7 Å². The average molecular weight is 361 g/mol. The van der Waals surface area contributed by atoms with Crippen LogP contribution in [-0.4, -0.2) is 15.7 Å². The van der Waals surface area contributed by atoms with Gasteiger partial charge in [0.25, 0.3) is 5.91 Å². The van der Waals surface area contributed by atoms with Gasteiger partial charge >= 0.3 is 0 Å². The zero-order valence-corrected chi connectivity index (χ0v) is 15.5. The monoisotopic (exact) mass is 361 g/mol. The van der Waals surface area contributed by atoms with E-state index in [1.807, 2.05) is 42.1 Å². The first-order chi connectivity index (χ1) is 12.6. The maximum atomic E-state index is 12.4. The van der Waals surface area contributed by atoms with Crippen molar-refractivity contribution in [2.24, 2.45) is 0 Å². The van der Waals surface area contributed by atoms with Crippen LogP contribution in [0.2, 0.25) is 0 Å². The van der Waals surface area contributed by atoms with E-state index in [9.17, 15) is 4.79 Å². The number of amides is 1. The molecule has 2 aromatic carbocycles. The van der Waals surface area contributed by atoms with Gasteiger partial charge in [0.1, 0.15) is 0 Å². The highest BCUT2D eigenvalue weighted by molar-refractivity contribution is 7.12. The summed E-state index contributed by atoms with van der Waals surface area (Å²) in [4.78, 5) is 13.1.